The number of piperidine rings is 2. The molecule has 0 N–H and O–H groups in total. The number of carbonyl (C=O) groups is 2. The van der Waals surface area contributed by atoms with Crippen LogP contribution in [-0.4, -0.2) is 103 Å². The number of carbonyl (C=O) groups excluding carboxylic acids is 2. The molecule has 4 rings (SSSR count). The number of rotatable bonds is 6. The summed E-state index contributed by atoms with van der Waals surface area (Å²) in [6, 6.07) is 10.2. The van der Waals surface area contributed by atoms with E-state index in [4.69, 9.17) is 4.74 Å². The molecule has 0 aromatic heterocycles. The molecule has 7 nitrogen and oxygen atoms in total. The van der Waals surface area contributed by atoms with E-state index in [2.05, 4.69) is 21.7 Å². The van der Waals surface area contributed by atoms with Gasteiger partial charge < -0.3 is 19.4 Å². The molecular formula is C25H38N4O3. The third kappa shape index (κ3) is 6.01. The molecule has 1 atom stereocenters. The zero-order valence-corrected chi connectivity index (χ0v) is 19.5. The molecule has 0 spiro atoms. The van der Waals surface area contributed by atoms with Crippen molar-refractivity contribution in [3.05, 3.63) is 30.3 Å². The summed E-state index contributed by atoms with van der Waals surface area (Å²) >= 11 is 0. The molecule has 7 heteroatoms. The number of para-hydroxylation sites is 1. The van der Waals surface area contributed by atoms with Gasteiger partial charge in [0.1, 0.15) is 5.75 Å². The number of ether oxygens (including phenoxy) is 1. The summed E-state index contributed by atoms with van der Waals surface area (Å²) in [5, 5.41) is 0. The van der Waals surface area contributed by atoms with Gasteiger partial charge >= 0.3 is 0 Å². The van der Waals surface area contributed by atoms with Crippen LogP contribution in [-0.2, 0) is 9.59 Å². The van der Waals surface area contributed by atoms with Gasteiger partial charge in [0.05, 0.1) is 13.0 Å². The molecule has 2 amide bonds. The Morgan fingerprint density at radius 1 is 0.906 bits per heavy atom. The lowest BCUT2D eigenvalue weighted by atomic mass is 9.94. The van der Waals surface area contributed by atoms with Crippen LogP contribution in [0.25, 0.3) is 0 Å². The largest absolute Gasteiger partial charge is 0.493 e. The van der Waals surface area contributed by atoms with E-state index in [0.717, 1.165) is 51.3 Å². The summed E-state index contributed by atoms with van der Waals surface area (Å²) in [6.07, 6.45) is 4.48. The van der Waals surface area contributed by atoms with E-state index in [1.807, 2.05) is 35.2 Å². The number of benzene rings is 1. The van der Waals surface area contributed by atoms with Crippen molar-refractivity contribution in [1.29, 1.82) is 0 Å². The molecule has 3 saturated heterocycles. The standard InChI is InChI=1S/C25H38N4O3/c1-26-12-5-6-22(20-26)27-15-17-29(18-16-27)25(31)21-9-13-28(14-10-21)24(30)11-19-32-23-7-3-2-4-8-23/h2-4,7-8,21-22H,5-6,9-20H2,1H3. The van der Waals surface area contributed by atoms with E-state index >= 15 is 0 Å². The van der Waals surface area contributed by atoms with E-state index in [1.165, 1.54) is 19.4 Å². The Labute approximate surface area is 192 Å². The predicted molar refractivity (Wildman–Crippen MR) is 125 cm³/mol. The van der Waals surface area contributed by atoms with E-state index in [9.17, 15) is 9.59 Å². The Kier molecular flexibility index (Phi) is 8.03. The minimum absolute atomic E-state index is 0.0620. The summed E-state index contributed by atoms with van der Waals surface area (Å²) in [5.41, 5.74) is 0. The smallest absolute Gasteiger partial charge is 0.225 e. The normalized spacial score (nSPS) is 23.8. The maximum Gasteiger partial charge on any atom is 0.225 e. The first kappa shape index (κ1) is 23.1. The maximum atomic E-state index is 13.1. The van der Waals surface area contributed by atoms with E-state index in [1.54, 1.807) is 0 Å². The first-order chi connectivity index (χ1) is 15.6. The summed E-state index contributed by atoms with van der Waals surface area (Å²) in [6.45, 7) is 7.76. The molecule has 0 aliphatic carbocycles. The van der Waals surface area contributed by atoms with Crippen LogP contribution >= 0.6 is 0 Å². The third-order valence-electron chi connectivity index (χ3n) is 7.27. The zero-order valence-electron chi connectivity index (χ0n) is 19.5. The van der Waals surface area contributed by atoms with Gasteiger partial charge in [-0.3, -0.25) is 14.5 Å². The van der Waals surface area contributed by atoms with Crippen molar-refractivity contribution in [2.45, 2.75) is 38.1 Å². The second-order valence-electron chi connectivity index (χ2n) is 9.49. The van der Waals surface area contributed by atoms with Crippen molar-refractivity contribution >= 4 is 11.8 Å². The lowest BCUT2D eigenvalue weighted by Gasteiger charge is -2.43. The summed E-state index contributed by atoms with van der Waals surface area (Å²) in [4.78, 5) is 34.6. The van der Waals surface area contributed by atoms with Gasteiger partial charge in [0.2, 0.25) is 11.8 Å². The minimum atomic E-state index is 0.0620. The molecule has 1 aromatic rings. The van der Waals surface area contributed by atoms with Crippen LogP contribution in [0, 0.1) is 5.92 Å². The van der Waals surface area contributed by atoms with Crippen LogP contribution in [0.1, 0.15) is 32.1 Å². The molecular weight excluding hydrogens is 404 g/mol. The fraction of sp³-hybridized carbons (Fsp3) is 0.680. The number of hydrogen-bond acceptors (Lipinski definition) is 5. The van der Waals surface area contributed by atoms with Crippen molar-refractivity contribution in [3.8, 4) is 5.75 Å². The summed E-state index contributed by atoms with van der Waals surface area (Å²) in [5.74, 6) is 1.27. The zero-order chi connectivity index (χ0) is 22.3. The Hall–Kier alpha value is -2.12. The Morgan fingerprint density at radius 3 is 2.31 bits per heavy atom. The van der Waals surface area contributed by atoms with Crippen molar-refractivity contribution in [2.24, 2.45) is 5.92 Å². The van der Waals surface area contributed by atoms with E-state index in [-0.39, 0.29) is 11.8 Å². The number of nitrogens with zero attached hydrogens (tertiary/aromatic N) is 4. The van der Waals surface area contributed by atoms with Gasteiger partial charge in [-0.15, -0.1) is 0 Å². The van der Waals surface area contributed by atoms with E-state index in [0.29, 0.717) is 38.1 Å². The molecule has 1 unspecified atom stereocenters. The Bertz CT molecular complexity index is 743. The fourth-order valence-electron chi connectivity index (χ4n) is 5.31. The Morgan fingerprint density at radius 2 is 1.62 bits per heavy atom. The highest BCUT2D eigenvalue weighted by molar-refractivity contribution is 5.80. The van der Waals surface area contributed by atoms with Gasteiger partial charge in [-0.05, 0) is 51.4 Å². The fourth-order valence-corrected chi connectivity index (χ4v) is 5.31. The topological polar surface area (TPSA) is 56.3 Å². The van der Waals surface area contributed by atoms with Gasteiger partial charge in [0, 0.05) is 57.8 Å². The number of hydrogen-bond donors (Lipinski definition) is 0. The predicted octanol–water partition coefficient (Wildman–Crippen LogP) is 1.93. The van der Waals surface area contributed by atoms with Gasteiger partial charge in [-0.25, -0.2) is 0 Å². The van der Waals surface area contributed by atoms with Crippen LogP contribution in [0.15, 0.2) is 30.3 Å². The molecule has 32 heavy (non-hydrogen) atoms. The monoisotopic (exact) mass is 442 g/mol. The second kappa shape index (κ2) is 11.1. The molecule has 176 valence electrons. The number of piperazine rings is 1. The molecule has 0 bridgehead atoms. The van der Waals surface area contributed by atoms with Crippen molar-refractivity contribution in [1.82, 2.24) is 19.6 Å². The highest BCUT2D eigenvalue weighted by Crippen LogP contribution is 2.23. The molecule has 3 fully saturated rings. The first-order valence-electron chi connectivity index (χ1n) is 12.3. The average molecular weight is 443 g/mol. The highest BCUT2D eigenvalue weighted by atomic mass is 16.5. The molecule has 1 aromatic carbocycles. The van der Waals surface area contributed by atoms with Crippen LogP contribution < -0.4 is 4.74 Å². The van der Waals surface area contributed by atoms with E-state index < -0.39 is 0 Å². The van der Waals surface area contributed by atoms with Gasteiger partial charge in [0.15, 0.2) is 0 Å². The quantitative estimate of drug-likeness (QED) is 0.674. The lowest BCUT2D eigenvalue weighted by Crippen LogP contribution is -2.56. The molecule has 0 radical (unpaired) electrons. The third-order valence-corrected chi connectivity index (χ3v) is 7.27. The Balaban J connectivity index is 1.15. The van der Waals surface area contributed by atoms with Crippen molar-refractivity contribution in [3.63, 3.8) is 0 Å². The molecule has 0 saturated carbocycles. The van der Waals surface area contributed by atoms with Gasteiger partial charge in [-0.2, -0.15) is 0 Å². The minimum Gasteiger partial charge on any atom is -0.493 e. The molecule has 3 heterocycles. The van der Waals surface area contributed by atoms with Crippen molar-refractivity contribution in [2.75, 3.05) is 66.0 Å². The first-order valence-corrected chi connectivity index (χ1v) is 12.3. The summed E-state index contributed by atoms with van der Waals surface area (Å²) in [7, 11) is 2.21. The lowest BCUT2D eigenvalue weighted by molar-refractivity contribution is -0.142. The van der Waals surface area contributed by atoms with Crippen molar-refractivity contribution < 1.29 is 14.3 Å². The van der Waals surface area contributed by atoms with Crippen LogP contribution in [0.3, 0.4) is 0 Å². The second-order valence-corrected chi connectivity index (χ2v) is 9.49. The SMILES string of the molecule is CN1CCCC(N2CCN(C(=O)C3CCN(C(=O)CCOc4ccccc4)CC3)CC2)C1. The number of likely N-dealkylation sites (tertiary alicyclic amines) is 2. The molecule has 3 aliphatic heterocycles. The maximum absolute atomic E-state index is 13.1. The number of likely N-dealkylation sites (N-methyl/N-ethyl adjacent to an activating group) is 1. The average Bonchev–Trinajstić information content (AvgIpc) is 2.84. The molecule has 3 aliphatic rings. The van der Waals surface area contributed by atoms with Crippen LogP contribution in [0.5, 0.6) is 5.75 Å². The van der Waals surface area contributed by atoms with Gasteiger partial charge in [-0.1, -0.05) is 18.2 Å². The summed E-state index contributed by atoms with van der Waals surface area (Å²) < 4.78 is 5.65. The van der Waals surface area contributed by atoms with Crippen LogP contribution in [0.4, 0.5) is 0 Å². The number of amides is 2. The van der Waals surface area contributed by atoms with Gasteiger partial charge in [0.25, 0.3) is 0 Å². The highest BCUT2D eigenvalue weighted by Gasteiger charge is 2.33. The van der Waals surface area contributed by atoms with Crippen LogP contribution in [0.2, 0.25) is 0 Å².